The van der Waals surface area contributed by atoms with Crippen molar-refractivity contribution in [2.45, 2.75) is 32.9 Å². The monoisotopic (exact) mass is 314 g/mol. The van der Waals surface area contributed by atoms with Crippen molar-refractivity contribution in [3.8, 4) is 0 Å². The number of hydrogen-bond acceptors (Lipinski definition) is 6. The molecule has 0 aliphatic carbocycles. The molecule has 1 N–H and O–H groups in total. The van der Waals surface area contributed by atoms with Crippen molar-refractivity contribution < 1.29 is 29.1 Å². The highest BCUT2D eigenvalue weighted by molar-refractivity contribution is 5.72. The maximum Gasteiger partial charge on any atom is 0.217 e. The molecule has 0 aromatic heterocycles. The number of carbonyl (C=O) groups is 3. The summed E-state index contributed by atoms with van der Waals surface area (Å²) in [5.41, 5.74) is 0. The maximum absolute atomic E-state index is 11.0. The Balaban J connectivity index is 2.70. The van der Waals surface area contributed by atoms with Gasteiger partial charge in [0.05, 0.1) is 32.7 Å². The molecule has 126 valence electrons. The van der Waals surface area contributed by atoms with Crippen LogP contribution in [-0.4, -0.2) is 72.7 Å². The van der Waals surface area contributed by atoms with Crippen LogP contribution in [0.4, 0.5) is 0 Å². The highest BCUT2D eigenvalue weighted by Crippen LogP contribution is 2.24. The lowest BCUT2D eigenvalue weighted by molar-refractivity contribution is -0.941. The van der Waals surface area contributed by atoms with E-state index in [1.165, 1.54) is 6.92 Å². The number of quaternary nitrogens is 1. The zero-order valence-corrected chi connectivity index (χ0v) is 13.2. The van der Waals surface area contributed by atoms with E-state index in [4.69, 9.17) is 0 Å². The lowest BCUT2D eigenvalue weighted by Crippen LogP contribution is -2.57. The Morgan fingerprint density at radius 2 is 1.82 bits per heavy atom. The highest BCUT2D eigenvalue weighted by atomic mass is 16.4. The fraction of sp³-hybridized carbons (Fsp3) is 0.786. The predicted octanol–water partition coefficient (Wildman–Crippen LogP) is -3.12. The van der Waals surface area contributed by atoms with Gasteiger partial charge in [0.1, 0.15) is 6.17 Å². The van der Waals surface area contributed by atoms with Crippen molar-refractivity contribution in [3.05, 3.63) is 0 Å². The van der Waals surface area contributed by atoms with Gasteiger partial charge in [-0.05, 0) is 6.42 Å². The molecule has 1 fully saturated rings. The number of hydrogen-bond donors (Lipinski definition) is 1. The Morgan fingerprint density at radius 3 is 2.36 bits per heavy atom. The summed E-state index contributed by atoms with van der Waals surface area (Å²) in [4.78, 5) is 34.4. The van der Waals surface area contributed by atoms with E-state index in [1.54, 1.807) is 0 Å². The zero-order chi connectivity index (χ0) is 16.8. The summed E-state index contributed by atoms with van der Waals surface area (Å²) < 4.78 is 0.515. The van der Waals surface area contributed by atoms with E-state index in [1.807, 2.05) is 11.8 Å². The lowest BCUT2D eigenvalue weighted by Gasteiger charge is -2.40. The first kappa shape index (κ1) is 18.4. The Hall–Kier alpha value is -1.67. The third kappa shape index (κ3) is 5.27. The predicted molar refractivity (Wildman–Crippen MR) is 73.8 cm³/mol. The molecule has 8 nitrogen and oxygen atoms in total. The van der Waals surface area contributed by atoms with Crippen molar-refractivity contribution in [2.75, 3.05) is 39.3 Å². The molecule has 1 aliphatic rings. The molecule has 0 aromatic rings. The lowest BCUT2D eigenvalue weighted by atomic mass is 10.2. The van der Waals surface area contributed by atoms with E-state index in [9.17, 15) is 24.6 Å². The van der Waals surface area contributed by atoms with E-state index >= 15 is 0 Å². The molecule has 2 atom stereocenters. The zero-order valence-electron chi connectivity index (χ0n) is 13.2. The molecule has 1 aliphatic heterocycles. The largest absolute Gasteiger partial charge is 0.550 e. The van der Waals surface area contributed by atoms with Gasteiger partial charge in [0.25, 0.3) is 0 Å². The van der Waals surface area contributed by atoms with Crippen LogP contribution in [0.2, 0.25) is 0 Å². The van der Waals surface area contributed by atoms with Gasteiger partial charge >= 0.3 is 0 Å². The Bertz CT molecular complexity index is 429. The van der Waals surface area contributed by atoms with Gasteiger partial charge in [-0.1, -0.05) is 0 Å². The van der Waals surface area contributed by atoms with Gasteiger partial charge in [-0.3, -0.25) is 4.79 Å². The van der Waals surface area contributed by atoms with Crippen LogP contribution in [0.3, 0.4) is 0 Å². The van der Waals surface area contributed by atoms with Crippen molar-refractivity contribution in [2.24, 2.45) is 0 Å². The fourth-order valence-corrected chi connectivity index (χ4v) is 3.06. The fourth-order valence-electron chi connectivity index (χ4n) is 3.06. The van der Waals surface area contributed by atoms with Crippen molar-refractivity contribution in [3.63, 3.8) is 0 Å². The minimum Gasteiger partial charge on any atom is -0.550 e. The first-order valence-electron chi connectivity index (χ1n) is 7.51. The van der Waals surface area contributed by atoms with Crippen LogP contribution in [0.25, 0.3) is 0 Å². The molecule has 0 aromatic carbocycles. The van der Waals surface area contributed by atoms with Gasteiger partial charge in [-0.25, -0.2) is 4.90 Å². The molecule has 8 heteroatoms. The van der Waals surface area contributed by atoms with E-state index in [2.05, 4.69) is 5.32 Å². The van der Waals surface area contributed by atoms with Crippen molar-refractivity contribution in [1.82, 2.24) is 10.2 Å². The summed E-state index contributed by atoms with van der Waals surface area (Å²) in [7, 11) is 0. The van der Waals surface area contributed by atoms with Gasteiger partial charge in [0.2, 0.25) is 5.91 Å². The number of carboxylic acids is 2. The quantitative estimate of drug-likeness (QED) is 0.451. The van der Waals surface area contributed by atoms with Gasteiger partial charge in [0, 0.05) is 38.8 Å². The minimum atomic E-state index is -1.10. The SMILES string of the molecule is CC(=O)NCC[N+]1(CCC(=O)[O-])CCN(CCC(=O)[O-])C1C. The molecule has 0 radical (unpaired) electrons. The number of carbonyl (C=O) groups excluding carboxylic acids is 3. The average molecular weight is 314 g/mol. The van der Waals surface area contributed by atoms with E-state index in [0.717, 1.165) is 6.54 Å². The third-order valence-corrected chi connectivity index (χ3v) is 4.45. The second-order valence-corrected chi connectivity index (χ2v) is 5.78. The molecular formula is C14H24N3O5-. The topological polar surface area (TPSA) is 113 Å². The number of amides is 1. The van der Waals surface area contributed by atoms with Crippen LogP contribution in [0.5, 0.6) is 0 Å². The molecule has 22 heavy (non-hydrogen) atoms. The molecular weight excluding hydrogens is 290 g/mol. The first-order chi connectivity index (χ1) is 10.3. The Morgan fingerprint density at radius 1 is 1.18 bits per heavy atom. The first-order valence-corrected chi connectivity index (χ1v) is 7.51. The molecule has 1 rings (SSSR count). The average Bonchev–Trinajstić information content (AvgIpc) is 2.72. The van der Waals surface area contributed by atoms with E-state index < -0.39 is 11.9 Å². The summed E-state index contributed by atoms with van der Waals surface area (Å²) in [6.45, 7) is 6.68. The number of nitrogens with zero attached hydrogens (tertiary/aromatic N) is 2. The minimum absolute atomic E-state index is 0.00698. The van der Waals surface area contributed by atoms with Crippen LogP contribution < -0.4 is 15.5 Å². The Labute approximate surface area is 130 Å². The standard InChI is InChI=1S/C14H25N3O5/c1-11(18)15-5-9-17(8-4-14(21)22)10-7-16(12(17)2)6-3-13(19)20/h12H,3-10H2,1-2H3,(H2-,15,18,19,20,21,22)/p-1. The summed E-state index contributed by atoms with van der Waals surface area (Å²) >= 11 is 0. The molecule has 0 saturated carbocycles. The van der Waals surface area contributed by atoms with E-state index in [-0.39, 0.29) is 24.9 Å². The second kappa shape index (κ2) is 8.09. The van der Waals surface area contributed by atoms with Gasteiger partial charge in [-0.2, -0.15) is 0 Å². The number of aliphatic carboxylic acids is 2. The van der Waals surface area contributed by atoms with Gasteiger partial charge in [-0.15, -0.1) is 0 Å². The summed E-state index contributed by atoms with van der Waals surface area (Å²) in [5, 5.41) is 24.1. The van der Waals surface area contributed by atoms with Crippen molar-refractivity contribution in [1.29, 1.82) is 0 Å². The van der Waals surface area contributed by atoms with Gasteiger partial charge in [0.15, 0.2) is 0 Å². The molecule has 0 bridgehead atoms. The summed E-state index contributed by atoms with van der Waals surface area (Å²) in [6.07, 6.45) is -0.109. The molecule has 0 spiro atoms. The van der Waals surface area contributed by atoms with Crippen LogP contribution in [0.1, 0.15) is 26.7 Å². The van der Waals surface area contributed by atoms with Crippen LogP contribution in [0, 0.1) is 0 Å². The summed E-state index contributed by atoms with van der Waals surface area (Å²) in [5.74, 6) is -2.32. The molecule has 1 heterocycles. The number of nitrogens with one attached hydrogen (secondary N) is 1. The number of carboxylic acid groups (broad SMARTS) is 2. The second-order valence-electron chi connectivity index (χ2n) is 5.78. The van der Waals surface area contributed by atoms with Crippen LogP contribution >= 0.6 is 0 Å². The van der Waals surface area contributed by atoms with Gasteiger partial charge < -0.3 is 29.6 Å². The number of rotatable bonds is 9. The molecule has 1 saturated heterocycles. The molecule has 2 unspecified atom stereocenters. The van der Waals surface area contributed by atoms with Crippen LogP contribution in [-0.2, 0) is 14.4 Å². The smallest absolute Gasteiger partial charge is 0.217 e. The third-order valence-electron chi connectivity index (χ3n) is 4.45. The van der Waals surface area contributed by atoms with Crippen molar-refractivity contribution >= 4 is 17.8 Å². The normalized spacial score (nSPS) is 25.1. The summed E-state index contributed by atoms with van der Waals surface area (Å²) in [6, 6.07) is 0. The highest BCUT2D eigenvalue weighted by Gasteiger charge is 2.42. The maximum atomic E-state index is 11.0. The van der Waals surface area contributed by atoms with Crippen LogP contribution in [0.15, 0.2) is 0 Å². The van der Waals surface area contributed by atoms with E-state index in [0.29, 0.717) is 37.2 Å². The Kier molecular flexibility index (Phi) is 6.76. The molecule has 1 amide bonds.